The fraction of sp³-hybridized carbons (Fsp3) is 0.429. The van der Waals surface area contributed by atoms with E-state index in [0.29, 0.717) is 13.1 Å². The van der Waals surface area contributed by atoms with E-state index in [9.17, 15) is 4.79 Å². The summed E-state index contributed by atoms with van der Waals surface area (Å²) in [6, 6.07) is 9.79. The van der Waals surface area contributed by atoms with Gasteiger partial charge in [-0.05, 0) is 38.3 Å². The number of amides is 1. The highest BCUT2D eigenvalue weighted by molar-refractivity contribution is 5.80. The van der Waals surface area contributed by atoms with Crippen molar-refractivity contribution in [3.63, 3.8) is 0 Å². The Balaban J connectivity index is 1.27. The molecule has 1 aromatic carbocycles. The molecule has 2 N–H and O–H groups in total. The van der Waals surface area contributed by atoms with Gasteiger partial charge in [-0.15, -0.1) is 0 Å². The Kier molecular flexibility index (Phi) is 5.88. The van der Waals surface area contributed by atoms with E-state index >= 15 is 0 Å². The molecule has 4 rings (SSSR count). The second-order valence-electron chi connectivity index (χ2n) is 7.34. The van der Waals surface area contributed by atoms with Crippen molar-refractivity contribution in [3.8, 4) is 0 Å². The van der Waals surface area contributed by atoms with Crippen molar-refractivity contribution in [1.29, 1.82) is 0 Å². The molecule has 2 aromatic heterocycles. The summed E-state index contributed by atoms with van der Waals surface area (Å²) in [6.07, 6.45) is 5.42. The Morgan fingerprint density at radius 3 is 2.79 bits per heavy atom. The average Bonchev–Trinajstić information content (AvgIpc) is 3.14. The van der Waals surface area contributed by atoms with Crippen LogP contribution in [0.1, 0.15) is 25.1 Å². The van der Waals surface area contributed by atoms with Gasteiger partial charge in [0.05, 0.1) is 17.4 Å². The molecule has 0 radical (unpaired) electrons. The fourth-order valence-corrected chi connectivity index (χ4v) is 3.67. The Morgan fingerprint density at radius 2 is 1.93 bits per heavy atom. The molecule has 0 spiro atoms. The SMILES string of the molecule is Cc1nc(NCCNC(=O)Cn2cnc3ccccc32)cc(N2CCCCC2)n1. The fourth-order valence-electron chi connectivity index (χ4n) is 3.67. The quantitative estimate of drug-likeness (QED) is 0.599. The number of piperidine rings is 1. The number of benzene rings is 1. The van der Waals surface area contributed by atoms with E-state index in [0.717, 1.165) is 41.6 Å². The molecule has 1 aliphatic rings. The normalized spacial score (nSPS) is 14.2. The number of hydrogen-bond acceptors (Lipinski definition) is 6. The number of imidazole rings is 1. The molecule has 3 heterocycles. The van der Waals surface area contributed by atoms with Gasteiger partial charge in [0.15, 0.2) is 0 Å². The maximum absolute atomic E-state index is 12.3. The standard InChI is InChI=1S/C21H27N7O/c1-16-25-19(13-20(26-16)27-11-5-2-6-12-27)22-9-10-23-21(29)14-28-15-24-17-7-3-4-8-18(17)28/h3-4,7-8,13,15H,2,5-6,9-12,14H2,1H3,(H,23,29)(H,22,25,26). The lowest BCUT2D eigenvalue weighted by molar-refractivity contribution is -0.121. The first kappa shape index (κ1) is 19.2. The molecule has 0 bridgehead atoms. The number of aryl methyl sites for hydroxylation is 1. The third-order valence-electron chi connectivity index (χ3n) is 5.10. The zero-order valence-electron chi connectivity index (χ0n) is 16.8. The Labute approximate surface area is 170 Å². The zero-order chi connectivity index (χ0) is 20.1. The summed E-state index contributed by atoms with van der Waals surface area (Å²) in [4.78, 5) is 27.9. The molecule has 8 heteroatoms. The van der Waals surface area contributed by atoms with Crippen LogP contribution in [0, 0.1) is 6.92 Å². The summed E-state index contributed by atoms with van der Waals surface area (Å²) in [5.74, 6) is 2.50. The van der Waals surface area contributed by atoms with Crippen LogP contribution in [0.5, 0.6) is 0 Å². The molecule has 8 nitrogen and oxygen atoms in total. The molecule has 0 unspecified atom stereocenters. The Morgan fingerprint density at radius 1 is 1.10 bits per heavy atom. The largest absolute Gasteiger partial charge is 0.368 e. The van der Waals surface area contributed by atoms with E-state index in [1.807, 2.05) is 41.8 Å². The average molecular weight is 393 g/mol. The molecule has 152 valence electrons. The van der Waals surface area contributed by atoms with E-state index in [2.05, 4.69) is 30.5 Å². The van der Waals surface area contributed by atoms with E-state index in [4.69, 9.17) is 0 Å². The summed E-state index contributed by atoms with van der Waals surface area (Å²) in [6.45, 7) is 5.39. The second-order valence-corrected chi connectivity index (χ2v) is 7.34. The lowest BCUT2D eigenvalue weighted by Crippen LogP contribution is -2.32. The van der Waals surface area contributed by atoms with Crippen LogP contribution >= 0.6 is 0 Å². The van der Waals surface area contributed by atoms with E-state index < -0.39 is 0 Å². The summed E-state index contributed by atoms with van der Waals surface area (Å²) < 4.78 is 1.86. The second kappa shape index (κ2) is 8.89. The van der Waals surface area contributed by atoms with Crippen molar-refractivity contribution < 1.29 is 4.79 Å². The maximum atomic E-state index is 12.3. The first-order valence-corrected chi connectivity index (χ1v) is 10.2. The number of para-hydroxylation sites is 2. The highest BCUT2D eigenvalue weighted by Crippen LogP contribution is 2.20. The van der Waals surface area contributed by atoms with Crippen LogP contribution in [0.4, 0.5) is 11.6 Å². The summed E-state index contributed by atoms with van der Waals surface area (Å²) in [5, 5.41) is 6.24. The van der Waals surface area contributed by atoms with Gasteiger partial charge in [-0.25, -0.2) is 15.0 Å². The van der Waals surface area contributed by atoms with Gasteiger partial charge in [-0.3, -0.25) is 4.79 Å². The van der Waals surface area contributed by atoms with Gasteiger partial charge in [-0.2, -0.15) is 0 Å². The van der Waals surface area contributed by atoms with Gasteiger partial charge in [0, 0.05) is 32.2 Å². The molecule has 29 heavy (non-hydrogen) atoms. The minimum absolute atomic E-state index is 0.0390. The summed E-state index contributed by atoms with van der Waals surface area (Å²) in [5.41, 5.74) is 1.85. The van der Waals surface area contributed by atoms with Crippen molar-refractivity contribution in [1.82, 2.24) is 24.8 Å². The number of nitrogens with zero attached hydrogens (tertiary/aromatic N) is 5. The van der Waals surface area contributed by atoms with Crippen molar-refractivity contribution in [2.24, 2.45) is 0 Å². The van der Waals surface area contributed by atoms with Gasteiger partial charge in [-0.1, -0.05) is 12.1 Å². The molecule has 1 aliphatic heterocycles. The van der Waals surface area contributed by atoms with Crippen LogP contribution < -0.4 is 15.5 Å². The number of carbonyl (C=O) groups excluding carboxylic acids is 1. The Bertz CT molecular complexity index is 978. The minimum atomic E-state index is -0.0390. The molecular formula is C21H27N7O. The number of nitrogens with one attached hydrogen (secondary N) is 2. The van der Waals surface area contributed by atoms with Crippen molar-refractivity contribution in [2.75, 3.05) is 36.4 Å². The molecule has 1 fully saturated rings. The van der Waals surface area contributed by atoms with Gasteiger partial charge in [0.1, 0.15) is 24.0 Å². The third kappa shape index (κ3) is 4.82. The molecule has 1 amide bonds. The summed E-state index contributed by atoms with van der Waals surface area (Å²) in [7, 11) is 0. The van der Waals surface area contributed by atoms with Crippen molar-refractivity contribution in [2.45, 2.75) is 32.7 Å². The number of anilines is 2. The van der Waals surface area contributed by atoms with Crippen LogP contribution in [0.2, 0.25) is 0 Å². The monoisotopic (exact) mass is 393 g/mol. The number of rotatable bonds is 7. The van der Waals surface area contributed by atoms with E-state index in [1.165, 1.54) is 19.3 Å². The predicted molar refractivity (Wildman–Crippen MR) is 114 cm³/mol. The third-order valence-corrected chi connectivity index (χ3v) is 5.10. The van der Waals surface area contributed by atoms with Gasteiger partial charge in [0.2, 0.25) is 5.91 Å². The lowest BCUT2D eigenvalue weighted by atomic mass is 10.1. The van der Waals surface area contributed by atoms with Crippen LogP contribution in [0.25, 0.3) is 11.0 Å². The van der Waals surface area contributed by atoms with E-state index in [1.54, 1.807) is 6.33 Å². The minimum Gasteiger partial charge on any atom is -0.368 e. The Hall–Kier alpha value is -3.16. The molecular weight excluding hydrogens is 366 g/mol. The lowest BCUT2D eigenvalue weighted by Gasteiger charge is -2.28. The topological polar surface area (TPSA) is 88.0 Å². The maximum Gasteiger partial charge on any atom is 0.240 e. The van der Waals surface area contributed by atoms with Crippen molar-refractivity contribution in [3.05, 3.63) is 42.5 Å². The van der Waals surface area contributed by atoms with Gasteiger partial charge >= 0.3 is 0 Å². The van der Waals surface area contributed by atoms with E-state index in [-0.39, 0.29) is 12.5 Å². The molecule has 0 atom stereocenters. The molecule has 3 aromatic rings. The number of carbonyl (C=O) groups is 1. The van der Waals surface area contributed by atoms with Gasteiger partial charge < -0.3 is 20.1 Å². The first-order valence-electron chi connectivity index (χ1n) is 10.2. The molecule has 0 aliphatic carbocycles. The highest BCUT2D eigenvalue weighted by Gasteiger charge is 2.14. The van der Waals surface area contributed by atoms with Crippen LogP contribution in [-0.2, 0) is 11.3 Å². The zero-order valence-corrected chi connectivity index (χ0v) is 16.8. The number of hydrogen-bond donors (Lipinski definition) is 2. The molecule has 1 saturated heterocycles. The van der Waals surface area contributed by atoms with Crippen molar-refractivity contribution >= 4 is 28.6 Å². The van der Waals surface area contributed by atoms with Crippen LogP contribution in [0.3, 0.4) is 0 Å². The highest BCUT2D eigenvalue weighted by atomic mass is 16.1. The number of aromatic nitrogens is 4. The smallest absolute Gasteiger partial charge is 0.240 e. The predicted octanol–water partition coefficient (Wildman–Crippen LogP) is 2.35. The number of fused-ring (bicyclic) bond motifs is 1. The first-order chi connectivity index (χ1) is 14.2. The summed E-state index contributed by atoms with van der Waals surface area (Å²) >= 11 is 0. The van der Waals surface area contributed by atoms with Gasteiger partial charge in [0.25, 0.3) is 0 Å². The molecule has 0 saturated carbocycles. The van der Waals surface area contributed by atoms with Crippen LogP contribution in [-0.4, -0.2) is 51.6 Å². The van der Waals surface area contributed by atoms with Crippen LogP contribution in [0.15, 0.2) is 36.7 Å².